The summed E-state index contributed by atoms with van der Waals surface area (Å²) in [7, 11) is 0. The summed E-state index contributed by atoms with van der Waals surface area (Å²) in [5.74, 6) is -0.840. The van der Waals surface area contributed by atoms with Crippen LogP contribution in [0.15, 0.2) is 24.3 Å². The van der Waals surface area contributed by atoms with Gasteiger partial charge in [0.25, 0.3) is 5.97 Å². The van der Waals surface area contributed by atoms with E-state index >= 15 is 0 Å². The molecule has 0 atom stereocenters. The maximum absolute atomic E-state index is 9.00. The fraction of sp³-hybridized carbons (Fsp3) is 0.100. The Morgan fingerprint density at radius 2 is 2.06 bits per heavy atom. The summed E-state index contributed by atoms with van der Waals surface area (Å²) in [4.78, 5) is 9.00. The minimum absolute atomic E-state index is 0.00699. The molecule has 0 fully saturated rings. The summed E-state index contributed by atoms with van der Waals surface area (Å²) in [5, 5.41) is 22.3. The second-order valence-corrected chi connectivity index (χ2v) is 3.05. The summed E-state index contributed by atoms with van der Waals surface area (Å²) < 4.78 is 0. The highest BCUT2D eigenvalue weighted by Crippen LogP contribution is 2.13. The zero-order valence-electron chi connectivity index (χ0n) is 8.69. The number of nitrogens with one attached hydrogen (secondary N) is 2. The van der Waals surface area contributed by atoms with Crippen LogP contribution in [-0.2, 0) is 4.79 Å². The standard InChI is InChI=1S/C8H8N4.C2H4O2/c9-8(10)7-5-3-1-2-4-6(5)11-12-7;1-2(3)4/h1-4H,(H3,9,10)(H,11,12);1H3,(H,3,4). The third-order valence-corrected chi connectivity index (χ3v) is 1.73. The van der Waals surface area contributed by atoms with Crippen LogP contribution < -0.4 is 5.73 Å². The maximum Gasteiger partial charge on any atom is 0.300 e. The van der Waals surface area contributed by atoms with Gasteiger partial charge in [0.1, 0.15) is 11.5 Å². The van der Waals surface area contributed by atoms with E-state index in [1.165, 1.54) is 0 Å². The highest BCUT2D eigenvalue weighted by Gasteiger charge is 2.05. The van der Waals surface area contributed by atoms with Crippen LogP contribution >= 0.6 is 0 Å². The first-order chi connectivity index (χ1) is 7.52. The fourth-order valence-corrected chi connectivity index (χ4v) is 1.17. The lowest BCUT2D eigenvalue weighted by molar-refractivity contribution is -0.134. The number of hydrogen-bond acceptors (Lipinski definition) is 3. The lowest BCUT2D eigenvalue weighted by Gasteiger charge is -1.90. The van der Waals surface area contributed by atoms with Crippen molar-refractivity contribution in [2.75, 3.05) is 0 Å². The highest BCUT2D eigenvalue weighted by atomic mass is 16.4. The van der Waals surface area contributed by atoms with Crippen molar-refractivity contribution >= 4 is 22.7 Å². The fourth-order valence-electron chi connectivity index (χ4n) is 1.17. The lowest BCUT2D eigenvalue weighted by atomic mass is 10.2. The zero-order valence-corrected chi connectivity index (χ0v) is 8.69. The Morgan fingerprint density at radius 1 is 1.50 bits per heavy atom. The number of aromatic nitrogens is 2. The number of aromatic amines is 1. The van der Waals surface area contributed by atoms with Gasteiger partial charge < -0.3 is 10.8 Å². The number of carboxylic acid groups (broad SMARTS) is 1. The molecule has 1 heterocycles. The number of nitrogen functional groups attached to an aromatic ring is 1. The van der Waals surface area contributed by atoms with Crippen molar-refractivity contribution in [2.45, 2.75) is 6.92 Å². The number of nitrogens with zero attached hydrogens (tertiary/aromatic N) is 1. The van der Waals surface area contributed by atoms with Crippen LogP contribution in [0.3, 0.4) is 0 Å². The van der Waals surface area contributed by atoms with E-state index in [0.717, 1.165) is 17.8 Å². The van der Waals surface area contributed by atoms with Crippen LogP contribution in [0, 0.1) is 5.41 Å². The first-order valence-electron chi connectivity index (χ1n) is 4.49. The SMILES string of the molecule is CC(=O)O.N=C(N)c1n[nH]c2ccccc12. The van der Waals surface area contributed by atoms with Crippen molar-refractivity contribution in [1.29, 1.82) is 5.41 Å². The molecule has 0 bridgehead atoms. The van der Waals surface area contributed by atoms with Crippen molar-refractivity contribution < 1.29 is 9.90 Å². The van der Waals surface area contributed by atoms with E-state index in [9.17, 15) is 0 Å². The van der Waals surface area contributed by atoms with Gasteiger partial charge in [-0.3, -0.25) is 15.3 Å². The lowest BCUT2D eigenvalue weighted by Crippen LogP contribution is -2.11. The number of aliphatic carboxylic acids is 1. The van der Waals surface area contributed by atoms with Crippen LogP contribution in [-0.4, -0.2) is 27.1 Å². The Kier molecular flexibility index (Phi) is 3.60. The van der Waals surface area contributed by atoms with E-state index < -0.39 is 5.97 Å². The number of hydrogen-bond donors (Lipinski definition) is 4. The van der Waals surface area contributed by atoms with Crippen molar-refractivity contribution in [1.82, 2.24) is 10.2 Å². The smallest absolute Gasteiger partial charge is 0.300 e. The predicted octanol–water partition coefficient (Wildman–Crippen LogP) is 0.938. The molecule has 6 heteroatoms. The molecule has 0 saturated carbocycles. The molecule has 0 radical (unpaired) electrons. The number of nitrogens with two attached hydrogens (primary N) is 1. The molecule has 0 amide bonds. The summed E-state index contributed by atoms with van der Waals surface area (Å²) in [5.41, 5.74) is 6.75. The Balaban J connectivity index is 0.000000280. The predicted molar refractivity (Wildman–Crippen MR) is 60.4 cm³/mol. The quantitative estimate of drug-likeness (QED) is 0.422. The van der Waals surface area contributed by atoms with Gasteiger partial charge in [-0.1, -0.05) is 18.2 Å². The van der Waals surface area contributed by atoms with Crippen molar-refractivity contribution in [2.24, 2.45) is 5.73 Å². The molecule has 1 aromatic carbocycles. The Labute approximate surface area is 91.6 Å². The molecule has 6 nitrogen and oxygen atoms in total. The second-order valence-electron chi connectivity index (χ2n) is 3.05. The van der Waals surface area contributed by atoms with Crippen LogP contribution in [0.1, 0.15) is 12.6 Å². The minimum Gasteiger partial charge on any atom is -0.481 e. The Bertz CT molecular complexity index is 514. The molecule has 5 N–H and O–H groups in total. The molecular formula is C10H12N4O2. The molecule has 0 aliphatic rings. The number of carbonyl (C=O) groups is 1. The Hall–Kier alpha value is -2.37. The van der Waals surface area contributed by atoms with Crippen molar-refractivity contribution in [3.63, 3.8) is 0 Å². The van der Waals surface area contributed by atoms with E-state index in [1.807, 2.05) is 24.3 Å². The van der Waals surface area contributed by atoms with Gasteiger partial charge in [-0.25, -0.2) is 0 Å². The van der Waals surface area contributed by atoms with Gasteiger partial charge in [0.2, 0.25) is 0 Å². The van der Waals surface area contributed by atoms with E-state index in [2.05, 4.69) is 10.2 Å². The van der Waals surface area contributed by atoms with Gasteiger partial charge in [-0.2, -0.15) is 5.10 Å². The molecular weight excluding hydrogens is 208 g/mol. The minimum atomic E-state index is -0.833. The topological polar surface area (TPSA) is 116 Å². The molecule has 84 valence electrons. The number of para-hydroxylation sites is 1. The first-order valence-corrected chi connectivity index (χ1v) is 4.49. The molecule has 2 aromatic rings. The van der Waals surface area contributed by atoms with Crippen LogP contribution in [0.5, 0.6) is 0 Å². The van der Waals surface area contributed by atoms with Gasteiger partial charge in [-0.05, 0) is 6.07 Å². The average Bonchev–Trinajstić information content (AvgIpc) is 2.59. The Morgan fingerprint density at radius 3 is 2.62 bits per heavy atom. The molecule has 2 rings (SSSR count). The monoisotopic (exact) mass is 220 g/mol. The molecule has 0 aliphatic carbocycles. The molecule has 0 spiro atoms. The largest absolute Gasteiger partial charge is 0.481 e. The third-order valence-electron chi connectivity index (χ3n) is 1.73. The molecule has 16 heavy (non-hydrogen) atoms. The number of benzene rings is 1. The van der Waals surface area contributed by atoms with Gasteiger partial charge in [0.15, 0.2) is 0 Å². The van der Waals surface area contributed by atoms with Crippen molar-refractivity contribution in [3.8, 4) is 0 Å². The van der Waals surface area contributed by atoms with Gasteiger partial charge >= 0.3 is 0 Å². The number of H-pyrrole nitrogens is 1. The van der Waals surface area contributed by atoms with Crippen LogP contribution in [0.2, 0.25) is 0 Å². The molecule has 0 unspecified atom stereocenters. The van der Waals surface area contributed by atoms with Gasteiger partial charge in [0, 0.05) is 12.3 Å². The number of fused-ring (bicyclic) bond motifs is 1. The van der Waals surface area contributed by atoms with E-state index in [-0.39, 0.29) is 5.84 Å². The normalized spacial score (nSPS) is 9.31. The second kappa shape index (κ2) is 4.92. The molecule has 0 saturated heterocycles. The average molecular weight is 220 g/mol. The number of carboxylic acids is 1. The van der Waals surface area contributed by atoms with Crippen molar-refractivity contribution in [3.05, 3.63) is 30.0 Å². The summed E-state index contributed by atoms with van der Waals surface area (Å²) in [6.07, 6.45) is 0. The summed E-state index contributed by atoms with van der Waals surface area (Å²) >= 11 is 0. The summed E-state index contributed by atoms with van der Waals surface area (Å²) in [6, 6.07) is 7.58. The van der Waals surface area contributed by atoms with E-state index in [0.29, 0.717) is 5.69 Å². The van der Waals surface area contributed by atoms with Gasteiger partial charge in [-0.15, -0.1) is 0 Å². The zero-order chi connectivity index (χ0) is 12.1. The van der Waals surface area contributed by atoms with Gasteiger partial charge in [0.05, 0.1) is 5.52 Å². The van der Waals surface area contributed by atoms with Crippen LogP contribution in [0.25, 0.3) is 10.9 Å². The van der Waals surface area contributed by atoms with E-state index in [4.69, 9.17) is 21.0 Å². The maximum atomic E-state index is 9.00. The molecule has 0 aliphatic heterocycles. The number of amidine groups is 1. The summed E-state index contributed by atoms with van der Waals surface area (Å²) in [6.45, 7) is 1.08. The third kappa shape index (κ3) is 2.81. The first kappa shape index (κ1) is 11.7. The highest BCUT2D eigenvalue weighted by molar-refractivity contribution is 6.05. The molecule has 1 aromatic heterocycles. The van der Waals surface area contributed by atoms with Crippen LogP contribution in [0.4, 0.5) is 0 Å². The number of rotatable bonds is 1. The van der Waals surface area contributed by atoms with E-state index in [1.54, 1.807) is 0 Å².